The summed E-state index contributed by atoms with van der Waals surface area (Å²) in [5.74, 6) is 0.371. The molecular formula is C11H18O2. The van der Waals surface area contributed by atoms with Crippen LogP contribution in [0.25, 0.3) is 0 Å². The molecule has 0 spiro atoms. The highest BCUT2D eigenvalue weighted by molar-refractivity contribution is 5.78. The molecule has 0 aliphatic heterocycles. The van der Waals surface area contributed by atoms with Gasteiger partial charge in [-0.25, -0.2) is 0 Å². The molecule has 0 saturated heterocycles. The first-order valence-electron chi connectivity index (χ1n) is 4.80. The predicted octanol–water partition coefficient (Wildman–Crippen LogP) is 2.40. The number of methoxy groups -OCH3 is 1. The van der Waals surface area contributed by atoms with Crippen LogP contribution in [0.1, 0.15) is 27.2 Å². The number of carbonyl (C=O) groups is 1. The molecule has 1 fully saturated rings. The third-order valence-electron chi connectivity index (χ3n) is 2.94. The highest BCUT2D eigenvalue weighted by Crippen LogP contribution is 2.59. The van der Waals surface area contributed by atoms with Crippen molar-refractivity contribution in [1.29, 1.82) is 0 Å². The van der Waals surface area contributed by atoms with Gasteiger partial charge in [-0.1, -0.05) is 32.9 Å². The molecule has 0 aromatic carbocycles. The molecule has 2 unspecified atom stereocenters. The van der Waals surface area contributed by atoms with Gasteiger partial charge in [-0.3, -0.25) is 4.79 Å². The number of hydrogen-bond donors (Lipinski definition) is 0. The van der Waals surface area contributed by atoms with Gasteiger partial charge in [0.05, 0.1) is 13.0 Å². The van der Waals surface area contributed by atoms with Crippen LogP contribution in [0.5, 0.6) is 0 Å². The van der Waals surface area contributed by atoms with E-state index in [-0.39, 0.29) is 17.3 Å². The Balaban J connectivity index is 2.60. The lowest BCUT2D eigenvalue weighted by atomic mass is 10.1. The molecule has 0 aromatic heterocycles. The minimum atomic E-state index is -0.0734. The molecule has 2 nitrogen and oxygen atoms in total. The van der Waals surface area contributed by atoms with Gasteiger partial charge < -0.3 is 4.74 Å². The fourth-order valence-corrected chi connectivity index (χ4v) is 1.90. The van der Waals surface area contributed by atoms with Crippen molar-refractivity contribution >= 4 is 5.97 Å². The predicted molar refractivity (Wildman–Crippen MR) is 52.2 cm³/mol. The Morgan fingerprint density at radius 3 is 2.62 bits per heavy atom. The number of hydrogen-bond acceptors (Lipinski definition) is 2. The number of allylic oxidation sites excluding steroid dienone is 2. The highest BCUT2D eigenvalue weighted by atomic mass is 16.5. The summed E-state index contributed by atoms with van der Waals surface area (Å²) in [5, 5.41) is 0. The van der Waals surface area contributed by atoms with E-state index in [0.717, 1.165) is 6.42 Å². The number of esters is 1. The molecule has 0 amide bonds. The summed E-state index contributed by atoms with van der Waals surface area (Å²) in [5.41, 5.74) is 0.0960. The van der Waals surface area contributed by atoms with Gasteiger partial charge in [-0.15, -0.1) is 0 Å². The minimum absolute atomic E-state index is 0.0697. The van der Waals surface area contributed by atoms with Gasteiger partial charge in [0.1, 0.15) is 0 Å². The van der Waals surface area contributed by atoms with Crippen LogP contribution in [0.4, 0.5) is 0 Å². The molecule has 1 aliphatic rings. The van der Waals surface area contributed by atoms with Crippen molar-refractivity contribution in [2.75, 3.05) is 7.11 Å². The van der Waals surface area contributed by atoms with Crippen molar-refractivity contribution in [1.82, 2.24) is 0 Å². The van der Waals surface area contributed by atoms with Gasteiger partial charge in [-0.05, 0) is 17.8 Å². The summed E-state index contributed by atoms with van der Waals surface area (Å²) in [6, 6.07) is 0. The van der Waals surface area contributed by atoms with Crippen LogP contribution in [-0.4, -0.2) is 13.1 Å². The molecule has 13 heavy (non-hydrogen) atoms. The topological polar surface area (TPSA) is 26.3 Å². The van der Waals surface area contributed by atoms with Gasteiger partial charge in [0.25, 0.3) is 0 Å². The molecule has 0 aromatic rings. The van der Waals surface area contributed by atoms with E-state index in [0.29, 0.717) is 5.92 Å². The summed E-state index contributed by atoms with van der Waals surface area (Å²) in [7, 11) is 1.46. The largest absolute Gasteiger partial charge is 0.469 e. The van der Waals surface area contributed by atoms with E-state index < -0.39 is 0 Å². The molecule has 2 heteroatoms. The Bertz CT molecular complexity index is 228. The van der Waals surface area contributed by atoms with E-state index in [4.69, 9.17) is 4.74 Å². The van der Waals surface area contributed by atoms with Crippen molar-refractivity contribution in [2.24, 2.45) is 17.3 Å². The summed E-state index contributed by atoms with van der Waals surface area (Å²) in [6.45, 7) is 6.32. The smallest absolute Gasteiger partial charge is 0.309 e. The SMILES string of the molecule is CC/C=C/C1C(C(=O)OC)C1(C)C. The zero-order valence-electron chi connectivity index (χ0n) is 8.83. The van der Waals surface area contributed by atoms with Crippen molar-refractivity contribution in [3.63, 3.8) is 0 Å². The molecular weight excluding hydrogens is 164 g/mol. The van der Waals surface area contributed by atoms with Crippen LogP contribution in [0.2, 0.25) is 0 Å². The van der Waals surface area contributed by atoms with E-state index in [1.165, 1.54) is 7.11 Å². The standard InChI is InChI=1S/C11H18O2/c1-5-6-7-8-9(10(12)13-4)11(8,2)3/h6-9H,5H2,1-4H3/b7-6+. The quantitative estimate of drug-likeness (QED) is 0.495. The molecule has 1 aliphatic carbocycles. The first-order valence-corrected chi connectivity index (χ1v) is 4.80. The Morgan fingerprint density at radius 2 is 2.15 bits per heavy atom. The van der Waals surface area contributed by atoms with E-state index in [1.54, 1.807) is 0 Å². The lowest BCUT2D eigenvalue weighted by Gasteiger charge is -1.98. The Labute approximate surface area is 80.0 Å². The second-order valence-corrected chi connectivity index (χ2v) is 4.18. The Morgan fingerprint density at radius 1 is 1.54 bits per heavy atom. The van der Waals surface area contributed by atoms with Crippen molar-refractivity contribution < 1.29 is 9.53 Å². The summed E-state index contributed by atoms with van der Waals surface area (Å²) < 4.78 is 4.75. The van der Waals surface area contributed by atoms with Gasteiger partial charge in [0.2, 0.25) is 0 Å². The number of carbonyl (C=O) groups excluding carboxylic acids is 1. The first-order chi connectivity index (χ1) is 6.05. The van der Waals surface area contributed by atoms with Crippen LogP contribution in [0, 0.1) is 17.3 Å². The second kappa shape index (κ2) is 3.52. The van der Waals surface area contributed by atoms with Gasteiger partial charge in [0.15, 0.2) is 0 Å². The molecule has 0 heterocycles. The maximum Gasteiger partial charge on any atom is 0.309 e. The zero-order chi connectivity index (χ0) is 10.1. The summed E-state index contributed by atoms with van der Waals surface area (Å²) in [4.78, 5) is 11.3. The monoisotopic (exact) mass is 182 g/mol. The van der Waals surface area contributed by atoms with Crippen LogP contribution in [0.15, 0.2) is 12.2 Å². The number of rotatable bonds is 3. The molecule has 0 radical (unpaired) electrons. The third-order valence-corrected chi connectivity index (χ3v) is 2.94. The minimum Gasteiger partial charge on any atom is -0.469 e. The van der Waals surface area contributed by atoms with Crippen molar-refractivity contribution in [3.8, 4) is 0 Å². The van der Waals surface area contributed by atoms with Gasteiger partial charge in [0, 0.05) is 0 Å². The maximum atomic E-state index is 11.3. The first kappa shape index (κ1) is 10.3. The van der Waals surface area contributed by atoms with E-state index in [2.05, 4.69) is 32.9 Å². The Kier molecular flexibility index (Phi) is 2.79. The van der Waals surface area contributed by atoms with Crippen molar-refractivity contribution in [2.45, 2.75) is 27.2 Å². The molecule has 1 saturated carbocycles. The van der Waals surface area contributed by atoms with Crippen LogP contribution < -0.4 is 0 Å². The van der Waals surface area contributed by atoms with Crippen molar-refractivity contribution in [3.05, 3.63) is 12.2 Å². The Hall–Kier alpha value is -0.790. The summed E-state index contributed by atoms with van der Waals surface area (Å²) >= 11 is 0. The third kappa shape index (κ3) is 1.77. The highest BCUT2D eigenvalue weighted by Gasteiger charge is 2.60. The summed E-state index contributed by atoms with van der Waals surface area (Å²) in [6.07, 6.45) is 5.29. The van der Waals surface area contributed by atoms with Gasteiger partial charge >= 0.3 is 5.97 Å². The molecule has 0 N–H and O–H groups in total. The average molecular weight is 182 g/mol. The lowest BCUT2D eigenvalue weighted by molar-refractivity contribution is -0.143. The van der Waals surface area contributed by atoms with E-state index in [1.807, 2.05) is 0 Å². The van der Waals surface area contributed by atoms with E-state index in [9.17, 15) is 4.79 Å². The lowest BCUT2D eigenvalue weighted by Crippen LogP contribution is -2.07. The van der Waals surface area contributed by atoms with Gasteiger partial charge in [-0.2, -0.15) is 0 Å². The fraction of sp³-hybridized carbons (Fsp3) is 0.727. The molecule has 1 rings (SSSR count). The van der Waals surface area contributed by atoms with Crippen LogP contribution in [0.3, 0.4) is 0 Å². The molecule has 0 bridgehead atoms. The van der Waals surface area contributed by atoms with E-state index >= 15 is 0 Å². The fourth-order valence-electron chi connectivity index (χ4n) is 1.90. The maximum absolute atomic E-state index is 11.3. The average Bonchev–Trinajstić information content (AvgIpc) is 2.63. The van der Waals surface area contributed by atoms with Crippen LogP contribution >= 0.6 is 0 Å². The normalized spacial score (nSPS) is 30.5. The zero-order valence-corrected chi connectivity index (χ0v) is 8.83. The molecule has 74 valence electrons. The second-order valence-electron chi connectivity index (χ2n) is 4.18. The number of ether oxygens (including phenoxy) is 1. The van der Waals surface area contributed by atoms with Crippen LogP contribution in [-0.2, 0) is 9.53 Å². The molecule has 2 atom stereocenters.